The quantitative estimate of drug-likeness (QED) is 0.331. The van der Waals surface area contributed by atoms with Crippen LogP contribution >= 0.6 is 12.2 Å². The fourth-order valence-corrected chi connectivity index (χ4v) is 0.902. The molecule has 0 bridgehead atoms. The molecule has 0 aromatic carbocycles. The second kappa shape index (κ2) is 4.42. The van der Waals surface area contributed by atoms with Gasteiger partial charge < -0.3 is 17.3 Å². The zero-order chi connectivity index (χ0) is 8.43. The summed E-state index contributed by atoms with van der Waals surface area (Å²) >= 11 is 5.13. The van der Waals surface area contributed by atoms with Crippen molar-refractivity contribution < 1.29 is 17.0 Å². The first-order valence-electron chi connectivity index (χ1n) is 3.36. The summed E-state index contributed by atoms with van der Waals surface area (Å²) in [6.07, 6.45) is 5.82. The molecule has 0 saturated heterocycles. The summed E-state index contributed by atoms with van der Waals surface area (Å²) < 4.78 is 3.85. The van der Waals surface area contributed by atoms with Crippen molar-refractivity contribution >= 4 is 17.3 Å². The van der Waals surface area contributed by atoms with E-state index in [-0.39, 0.29) is 12.4 Å². The number of imidazole rings is 1. The van der Waals surface area contributed by atoms with Gasteiger partial charge in [-0.15, -0.1) is 0 Å². The smallest absolute Gasteiger partial charge is 0.269 e. The molecule has 5 heteroatoms. The molecule has 1 aromatic heterocycles. The highest BCUT2D eigenvalue weighted by atomic mass is 35.5. The molecule has 0 aliphatic rings. The van der Waals surface area contributed by atoms with Crippen molar-refractivity contribution in [3.63, 3.8) is 0 Å². The van der Waals surface area contributed by atoms with E-state index in [9.17, 15) is 0 Å². The predicted octanol–water partition coefficient (Wildman–Crippen LogP) is -2.99. The minimum atomic E-state index is 0. The highest BCUT2D eigenvalue weighted by Crippen LogP contribution is 1.88. The third-order valence-electron chi connectivity index (χ3n) is 1.37. The molecule has 12 heavy (non-hydrogen) atoms. The van der Waals surface area contributed by atoms with Gasteiger partial charge in [-0.3, -0.25) is 0 Å². The van der Waals surface area contributed by atoms with Gasteiger partial charge in [0.2, 0.25) is 0 Å². The Morgan fingerprint density at radius 1 is 1.50 bits per heavy atom. The summed E-state index contributed by atoms with van der Waals surface area (Å²) in [5, 5.41) is 0.797. The Morgan fingerprint density at radius 3 is 2.42 bits per heavy atom. The molecule has 0 radical (unpaired) electrons. The van der Waals surface area contributed by atoms with Crippen molar-refractivity contribution in [2.75, 3.05) is 14.1 Å². The maximum Gasteiger partial charge on any atom is 0.269 e. The number of aromatic nitrogens is 2. The monoisotopic (exact) mass is 205 g/mol. The van der Waals surface area contributed by atoms with Crippen molar-refractivity contribution in [1.29, 1.82) is 0 Å². The van der Waals surface area contributed by atoms with E-state index in [1.165, 1.54) is 0 Å². The van der Waals surface area contributed by atoms with E-state index in [1.807, 2.05) is 53.9 Å². The molecule has 1 rings (SSSR count). The van der Waals surface area contributed by atoms with Crippen molar-refractivity contribution in [2.24, 2.45) is 7.05 Å². The molecule has 0 unspecified atom stereocenters. The first-order chi connectivity index (χ1) is 5.11. The molecule has 0 N–H and O–H groups in total. The summed E-state index contributed by atoms with van der Waals surface area (Å²) in [6.45, 7) is 0. The lowest BCUT2D eigenvalue weighted by Gasteiger charge is -2.07. The van der Waals surface area contributed by atoms with Crippen molar-refractivity contribution in [2.45, 2.75) is 0 Å². The lowest BCUT2D eigenvalue weighted by atomic mass is 10.8. The first-order valence-corrected chi connectivity index (χ1v) is 3.77. The Kier molecular flexibility index (Phi) is 4.20. The Hall–Kier alpha value is -0.610. The van der Waals surface area contributed by atoms with Gasteiger partial charge >= 0.3 is 0 Å². The van der Waals surface area contributed by atoms with E-state index in [4.69, 9.17) is 12.2 Å². The molecule has 0 amide bonds. The number of rotatable bonds is 0. The van der Waals surface area contributed by atoms with E-state index < -0.39 is 0 Å². The summed E-state index contributed by atoms with van der Waals surface area (Å²) in [5.74, 6) is 0. The molecule has 68 valence electrons. The standard InChI is InChI=1S/C7H12N3S.ClH/c1-8(2)7(11)10-5-4-9(3)6-10;/h4-6H,1-3H3;1H/q+1;/p-1. The van der Waals surface area contributed by atoms with Crippen LogP contribution in [0.5, 0.6) is 0 Å². The fraction of sp³-hybridized carbons (Fsp3) is 0.429. The fourth-order valence-electron chi connectivity index (χ4n) is 0.794. The number of hydrogen-bond donors (Lipinski definition) is 0. The average molecular weight is 206 g/mol. The number of nitrogens with zero attached hydrogens (tertiary/aromatic N) is 3. The van der Waals surface area contributed by atoms with Gasteiger partial charge in [0.1, 0.15) is 12.4 Å². The molecule has 0 aliphatic carbocycles. The van der Waals surface area contributed by atoms with Gasteiger partial charge in [-0.1, -0.05) is 0 Å². The van der Waals surface area contributed by atoms with E-state index in [0.717, 1.165) is 5.11 Å². The van der Waals surface area contributed by atoms with E-state index in [0.29, 0.717) is 0 Å². The van der Waals surface area contributed by atoms with Crippen LogP contribution in [-0.4, -0.2) is 28.7 Å². The third-order valence-corrected chi connectivity index (χ3v) is 1.95. The van der Waals surface area contributed by atoms with E-state index in [2.05, 4.69) is 0 Å². The van der Waals surface area contributed by atoms with Crippen molar-refractivity contribution in [3.8, 4) is 0 Å². The second-order valence-electron chi connectivity index (χ2n) is 2.66. The average Bonchev–Trinajstić information content (AvgIpc) is 2.34. The van der Waals surface area contributed by atoms with Gasteiger partial charge in [0.05, 0.1) is 7.05 Å². The van der Waals surface area contributed by atoms with Crippen LogP contribution in [0.2, 0.25) is 0 Å². The predicted molar refractivity (Wildman–Crippen MR) is 47.3 cm³/mol. The van der Waals surface area contributed by atoms with Crippen LogP contribution in [0.4, 0.5) is 0 Å². The highest BCUT2D eigenvalue weighted by Gasteiger charge is 2.07. The van der Waals surface area contributed by atoms with Gasteiger partial charge in [-0.25, -0.2) is 4.57 Å². The number of halogens is 1. The van der Waals surface area contributed by atoms with Gasteiger partial charge in [0.15, 0.2) is 0 Å². The number of thiocarbonyl (C=S) groups is 1. The van der Waals surface area contributed by atoms with Crippen molar-refractivity contribution in [3.05, 3.63) is 18.7 Å². The second-order valence-corrected chi connectivity index (χ2v) is 3.03. The molecule has 0 saturated carbocycles. The Morgan fingerprint density at radius 2 is 2.08 bits per heavy atom. The zero-order valence-electron chi connectivity index (χ0n) is 7.36. The number of aryl methyl sites for hydroxylation is 1. The molecule has 1 heterocycles. The van der Waals surface area contributed by atoms with Gasteiger partial charge in [0.25, 0.3) is 11.4 Å². The summed E-state index contributed by atoms with van der Waals surface area (Å²) in [6, 6.07) is 0. The summed E-state index contributed by atoms with van der Waals surface area (Å²) in [7, 11) is 5.83. The van der Waals surface area contributed by atoms with E-state index in [1.54, 1.807) is 0 Å². The summed E-state index contributed by atoms with van der Waals surface area (Å²) in [5.41, 5.74) is 0. The molecule has 0 spiro atoms. The SMILES string of the molecule is CN(C)C(=S)n1cc[n+](C)c1.[Cl-]. The lowest BCUT2D eigenvalue weighted by molar-refractivity contribution is -0.670. The van der Waals surface area contributed by atoms with E-state index >= 15 is 0 Å². The maximum absolute atomic E-state index is 5.13. The number of hydrogen-bond acceptors (Lipinski definition) is 1. The molecular weight excluding hydrogens is 194 g/mol. The molecule has 1 aromatic rings. The maximum atomic E-state index is 5.13. The molecular formula is C7H12ClN3S. The Balaban J connectivity index is 0.00000121. The van der Waals surface area contributed by atoms with Crippen molar-refractivity contribution in [1.82, 2.24) is 9.47 Å². The van der Waals surface area contributed by atoms with Crippen LogP contribution in [0.3, 0.4) is 0 Å². The lowest BCUT2D eigenvalue weighted by Crippen LogP contribution is -3.00. The van der Waals surface area contributed by atoms with Crippen LogP contribution in [0, 0.1) is 0 Å². The highest BCUT2D eigenvalue weighted by molar-refractivity contribution is 7.80. The van der Waals surface area contributed by atoms with Crippen LogP contribution in [0.1, 0.15) is 0 Å². The minimum absolute atomic E-state index is 0. The molecule has 0 fully saturated rings. The first kappa shape index (κ1) is 11.4. The van der Waals surface area contributed by atoms with Gasteiger partial charge in [-0.05, 0) is 12.2 Å². The molecule has 0 atom stereocenters. The van der Waals surface area contributed by atoms with Gasteiger partial charge in [-0.2, -0.15) is 4.57 Å². The van der Waals surface area contributed by atoms with Crippen LogP contribution in [-0.2, 0) is 7.05 Å². The van der Waals surface area contributed by atoms with Crippen LogP contribution < -0.4 is 17.0 Å². The summed E-state index contributed by atoms with van der Waals surface area (Å²) in [4.78, 5) is 1.90. The van der Waals surface area contributed by atoms with Crippen LogP contribution in [0.25, 0.3) is 0 Å². The normalized spacial score (nSPS) is 8.92. The largest absolute Gasteiger partial charge is 1.00 e. The Bertz CT molecular complexity index is 269. The minimum Gasteiger partial charge on any atom is -1.00 e. The third kappa shape index (κ3) is 2.46. The van der Waals surface area contributed by atoms with Crippen LogP contribution in [0.15, 0.2) is 18.7 Å². The Labute approximate surface area is 84.0 Å². The topological polar surface area (TPSA) is 12.1 Å². The molecule has 3 nitrogen and oxygen atoms in total. The van der Waals surface area contributed by atoms with Gasteiger partial charge in [0, 0.05) is 14.1 Å². The zero-order valence-corrected chi connectivity index (χ0v) is 8.93. The molecule has 0 aliphatic heterocycles.